The van der Waals surface area contributed by atoms with Crippen molar-refractivity contribution < 1.29 is 9.66 Å². The van der Waals surface area contributed by atoms with Gasteiger partial charge in [0.25, 0.3) is 5.69 Å². The monoisotopic (exact) mass is 280 g/mol. The van der Waals surface area contributed by atoms with Gasteiger partial charge < -0.3 is 10.1 Å². The van der Waals surface area contributed by atoms with Gasteiger partial charge in [-0.05, 0) is 24.5 Å². The van der Waals surface area contributed by atoms with Crippen molar-refractivity contribution in [1.82, 2.24) is 5.32 Å². The molecule has 1 N–H and O–H groups in total. The van der Waals surface area contributed by atoms with Gasteiger partial charge in [-0.1, -0.05) is 26.7 Å². The van der Waals surface area contributed by atoms with Crippen molar-refractivity contribution in [2.45, 2.75) is 46.2 Å². The van der Waals surface area contributed by atoms with Crippen LogP contribution < -0.4 is 10.1 Å². The highest BCUT2D eigenvalue weighted by Gasteiger charge is 2.14. The number of ether oxygens (including phenoxy) is 1. The van der Waals surface area contributed by atoms with E-state index < -0.39 is 4.92 Å². The third-order valence-electron chi connectivity index (χ3n) is 3.78. The lowest BCUT2D eigenvalue weighted by molar-refractivity contribution is -0.385. The van der Waals surface area contributed by atoms with E-state index in [1.807, 2.05) is 6.07 Å². The SMILES string of the molecule is CCC(CC)C(C)NCc1cc(OC)cc([N+](=O)[O-])c1. The van der Waals surface area contributed by atoms with Crippen molar-refractivity contribution in [2.75, 3.05) is 7.11 Å². The molecule has 0 fully saturated rings. The third kappa shape index (κ3) is 4.49. The molecule has 0 saturated heterocycles. The predicted molar refractivity (Wildman–Crippen MR) is 80.0 cm³/mol. The summed E-state index contributed by atoms with van der Waals surface area (Å²) >= 11 is 0. The maximum atomic E-state index is 10.9. The molecule has 0 aromatic heterocycles. The normalized spacial score (nSPS) is 12.4. The Morgan fingerprint density at radius 1 is 1.30 bits per heavy atom. The van der Waals surface area contributed by atoms with Crippen LogP contribution in [0.15, 0.2) is 18.2 Å². The molecule has 20 heavy (non-hydrogen) atoms. The second-order valence-electron chi connectivity index (χ2n) is 5.04. The molecule has 5 heteroatoms. The highest BCUT2D eigenvalue weighted by atomic mass is 16.6. The lowest BCUT2D eigenvalue weighted by atomic mass is 9.95. The van der Waals surface area contributed by atoms with Gasteiger partial charge in [-0.2, -0.15) is 0 Å². The Labute approximate surface area is 120 Å². The van der Waals surface area contributed by atoms with Crippen LogP contribution in [0.25, 0.3) is 0 Å². The van der Waals surface area contributed by atoms with E-state index in [1.54, 1.807) is 6.07 Å². The molecular formula is C15H24N2O3. The van der Waals surface area contributed by atoms with Crippen molar-refractivity contribution in [1.29, 1.82) is 0 Å². The molecule has 0 heterocycles. The summed E-state index contributed by atoms with van der Waals surface area (Å²) in [5.74, 6) is 1.14. The summed E-state index contributed by atoms with van der Waals surface area (Å²) in [6.07, 6.45) is 2.26. The van der Waals surface area contributed by atoms with Crippen LogP contribution in [0, 0.1) is 16.0 Å². The minimum atomic E-state index is -0.393. The van der Waals surface area contributed by atoms with Crippen LogP contribution >= 0.6 is 0 Å². The Hall–Kier alpha value is -1.62. The Morgan fingerprint density at radius 2 is 1.95 bits per heavy atom. The van der Waals surface area contributed by atoms with Gasteiger partial charge in [-0.15, -0.1) is 0 Å². The first-order chi connectivity index (χ1) is 9.51. The van der Waals surface area contributed by atoms with Crippen LogP contribution in [0.1, 0.15) is 39.2 Å². The number of benzene rings is 1. The van der Waals surface area contributed by atoms with Crippen molar-refractivity contribution in [3.63, 3.8) is 0 Å². The number of nitro groups is 1. The van der Waals surface area contributed by atoms with Gasteiger partial charge in [-0.25, -0.2) is 0 Å². The van der Waals surface area contributed by atoms with Gasteiger partial charge in [0.15, 0.2) is 0 Å². The molecule has 0 aliphatic carbocycles. The fraction of sp³-hybridized carbons (Fsp3) is 0.600. The van der Waals surface area contributed by atoms with E-state index in [2.05, 4.69) is 26.1 Å². The second kappa shape index (κ2) is 7.85. The van der Waals surface area contributed by atoms with Crippen LogP contribution in [0.4, 0.5) is 5.69 Å². The molecular weight excluding hydrogens is 256 g/mol. The lowest BCUT2D eigenvalue weighted by Gasteiger charge is -2.22. The summed E-state index contributed by atoms with van der Waals surface area (Å²) in [5, 5.41) is 14.3. The van der Waals surface area contributed by atoms with Gasteiger partial charge in [0, 0.05) is 18.7 Å². The fourth-order valence-corrected chi connectivity index (χ4v) is 2.41. The molecule has 0 spiro atoms. The highest BCUT2D eigenvalue weighted by Crippen LogP contribution is 2.23. The smallest absolute Gasteiger partial charge is 0.273 e. The molecule has 1 aromatic carbocycles. The number of rotatable bonds is 8. The van der Waals surface area contributed by atoms with E-state index in [4.69, 9.17) is 4.74 Å². The first-order valence-electron chi connectivity index (χ1n) is 7.07. The van der Waals surface area contributed by atoms with Gasteiger partial charge in [-0.3, -0.25) is 10.1 Å². The maximum absolute atomic E-state index is 10.9. The first-order valence-corrected chi connectivity index (χ1v) is 7.07. The van der Waals surface area contributed by atoms with Crippen molar-refractivity contribution in [3.8, 4) is 5.75 Å². The zero-order chi connectivity index (χ0) is 15.1. The summed E-state index contributed by atoms with van der Waals surface area (Å²) in [6, 6.07) is 5.25. The van der Waals surface area contributed by atoms with Crippen LogP contribution in [0.2, 0.25) is 0 Å². The van der Waals surface area contributed by atoms with Crippen molar-refractivity contribution >= 4 is 5.69 Å². The number of non-ortho nitro benzene ring substituents is 1. The molecule has 112 valence electrons. The minimum absolute atomic E-state index is 0.0661. The summed E-state index contributed by atoms with van der Waals surface area (Å²) in [7, 11) is 1.52. The van der Waals surface area contributed by atoms with E-state index >= 15 is 0 Å². The molecule has 0 radical (unpaired) electrons. The summed E-state index contributed by atoms with van der Waals surface area (Å²) in [4.78, 5) is 10.5. The van der Waals surface area contributed by atoms with E-state index in [0.29, 0.717) is 24.3 Å². The number of nitrogens with zero attached hydrogens (tertiary/aromatic N) is 1. The number of hydrogen-bond acceptors (Lipinski definition) is 4. The Morgan fingerprint density at radius 3 is 2.45 bits per heavy atom. The quantitative estimate of drug-likeness (QED) is 0.584. The number of methoxy groups -OCH3 is 1. The summed E-state index contributed by atoms with van der Waals surface area (Å²) in [5.41, 5.74) is 0.935. The molecule has 0 amide bonds. The molecule has 1 rings (SSSR count). The molecule has 1 unspecified atom stereocenters. The van der Waals surface area contributed by atoms with Crippen molar-refractivity contribution in [3.05, 3.63) is 33.9 Å². The predicted octanol–water partition coefficient (Wildman–Crippen LogP) is 3.52. The van der Waals surface area contributed by atoms with Gasteiger partial charge in [0.05, 0.1) is 18.1 Å². The average Bonchev–Trinajstić information content (AvgIpc) is 2.45. The standard InChI is InChI=1S/C15H24N2O3/c1-5-13(6-2)11(3)16-10-12-7-14(17(18)19)9-15(8-12)20-4/h7-9,11,13,16H,5-6,10H2,1-4H3. The zero-order valence-electron chi connectivity index (χ0n) is 12.7. The molecule has 0 aliphatic heterocycles. The minimum Gasteiger partial charge on any atom is -0.496 e. The second-order valence-corrected chi connectivity index (χ2v) is 5.04. The van der Waals surface area contributed by atoms with E-state index in [1.165, 1.54) is 13.2 Å². The average molecular weight is 280 g/mol. The Kier molecular flexibility index (Phi) is 6.45. The molecule has 0 bridgehead atoms. The van der Waals surface area contributed by atoms with Crippen molar-refractivity contribution in [2.24, 2.45) is 5.92 Å². The Balaban J connectivity index is 2.76. The Bertz CT molecular complexity index is 445. The zero-order valence-corrected chi connectivity index (χ0v) is 12.7. The topological polar surface area (TPSA) is 64.4 Å². The van der Waals surface area contributed by atoms with E-state index in [9.17, 15) is 10.1 Å². The number of nitro benzene ring substituents is 1. The van der Waals surface area contributed by atoms with E-state index in [-0.39, 0.29) is 5.69 Å². The number of nitrogens with one attached hydrogen (secondary N) is 1. The maximum Gasteiger partial charge on any atom is 0.273 e. The molecule has 0 saturated carbocycles. The number of hydrogen-bond donors (Lipinski definition) is 1. The lowest BCUT2D eigenvalue weighted by Crippen LogP contribution is -2.32. The van der Waals surface area contributed by atoms with Crippen LogP contribution in [0.5, 0.6) is 5.75 Å². The van der Waals surface area contributed by atoms with Gasteiger partial charge >= 0.3 is 0 Å². The third-order valence-corrected chi connectivity index (χ3v) is 3.78. The molecule has 1 aromatic rings. The molecule has 1 atom stereocenters. The van der Waals surface area contributed by atoms with E-state index in [0.717, 1.165) is 18.4 Å². The summed E-state index contributed by atoms with van der Waals surface area (Å²) in [6.45, 7) is 7.13. The van der Waals surface area contributed by atoms with Crippen LogP contribution in [0.3, 0.4) is 0 Å². The van der Waals surface area contributed by atoms with Gasteiger partial charge in [0.2, 0.25) is 0 Å². The highest BCUT2D eigenvalue weighted by molar-refractivity contribution is 5.42. The van der Waals surface area contributed by atoms with Crippen LogP contribution in [-0.4, -0.2) is 18.1 Å². The molecule has 5 nitrogen and oxygen atoms in total. The van der Waals surface area contributed by atoms with Gasteiger partial charge in [0.1, 0.15) is 5.75 Å². The molecule has 0 aliphatic rings. The first kappa shape index (κ1) is 16.4. The summed E-state index contributed by atoms with van der Waals surface area (Å²) < 4.78 is 5.11. The largest absolute Gasteiger partial charge is 0.496 e. The fourth-order valence-electron chi connectivity index (χ4n) is 2.41. The van der Waals surface area contributed by atoms with Crippen LogP contribution in [-0.2, 0) is 6.54 Å².